The van der Waals surface area contributed by atoms with E-state index in [1.165, 1.54) is 107 Å². The summed E-state index contributed by atoms with van der Waals surface area (Å²) >= 11 is 0. The third kappa shape index (κ3) is 11.0. The normalized spacial score (nSPS) is 18.8. The molecule has 0 unspecified atom stereocenters. The summed E-state index contributed by atoms with van der Waals surface area (Å²) in [7, 11) is 3.87. The van der Waals surface area contributed by atoms with Gasteiger partial charge in [0.1, 0.15) is 0 Å². The minimum absolute atomic E-state index is 0.144. The van der Waals surface area contributed by atoms with E-state index >= 15 is 0 Å². The summed E-state index contributed by atoms with van der Waals surface area (Å²) in [4.78, 5) is 9.83. The second-order valence-electron chi connectivity index (χ2n) is 14.2. The number of aliphatic imine (C=N–C) groups is 2. The monoisotopic (exact) mass is 589 g/mol. The second kappa shape index (κ2) is 18.6. The molecule has 0 aliphatic heterocycles. The molecule has 2 nitrogen and oxygen atoms in total. The fourth-order valence-corrected chi connectivity index (χ4v) is 6.12. The Bertz CT molecular complexity index is 1190. The van der Waals surface area contributed by atoms with E-state index in [2.05, 4.69) is 102 Å². The summed E-state index contributed by atoms with van der Waals surface area (Å²) < 4.78 is 0. The van der Waals surface area contributed by atoms with Crippen molar-refractivity contribution in [1.82, 2.24) is 0 Å². The zero-order valence-electron chi connectivity index (χ0n) is 31.2. The Morgan fingerprint density at radius 3 is 1.40 bits per heavy atom. The van der Waals surface area contributed by atoms with Crippen LogP contribution in [0.5, 0.6) is 0 Å². The summed E-state index contributed by atoms with van der Waals surface area (Å²) in [6.07, 6.45) is 17.4. The van der Waals surface area contributed by atoms with Crippen molar-refractivity contribution in [2.45, 2.75) is 154 Å². The molecule has 0 amide bonds. The predicted octanol–water partition coefficient (Wildman–Crippen LogP) is 12.9. The first-order valence-electron chi connectivity index (χ1n) is 17.3. The molecular weight excluding hydrogens is 520 g/mol. The molecule has 43 heavy (non-hydrogen) atoms. The van der Waals surface area contributed by atoms with Crippen LogP contribution < -0.4 is 0 Å². The summed E-state index contributed by atoms with van der Waals surface area (Å²) in [5.41, 5.74) is 15.9. The van der Waals surface area contributed by atoms with Crippen molar-refractivity contribution >= 4 is 11.4 Å². The second-order valence-corrected chi connectivity index (χ2v) is 14.2. The molecule has 0 N–H and O–H groups in total. The number of hydrogen-bond donors (Lipinski definition) is 0. The molecule has 0 aromatic heterocycles. The van der Waals surface area contributed by atoms with Crippen molar-refractivity contribution in [3.8, 4) is 0 Å². The lowest BCUT2D eigenvalue weighted by molar-refractivity contribution is 0.496. The minimum atomic E-state index is 0.144. The van der Waals surface area contributed by atoms with Gasteiger partial charge in [-0.25, -0.2) is 0 Å². The van der Waals surface area contributed by atoms with E-state index in [9.17, 15) is 0 Å². The highest BCUT2D eigenvalue weighted by Gasteiger charge is 2.29. The maximum Gasteiger partial charge on any atom is 0.0906 e. The Balaban J connectivity index is 3.82. The van der Waals surface area contributed by atoms with Gasteiger partial charge in [0.2, 0.25) is 0 Å². The van der Waals surface area contributed by atoms with Crippen LogP contribution in [0.3, 0.4) is 0 Å². The number of hydrogen-bond acceptors (Lipinski definition) is 2. The van der Waals surface area contributed by atoms with Crippen LogP contribution in [0, 0.1) is 11.3 Å². The summed E-state index contributed by atoms with van der Waals surface area (Å²) in [5, 5.41) is 0. The van der Waals surface area contributed by atoms with Crippen molar-refractivity contribution in [2.75, 3.05) is 14.1 Å². The van der Waals surface area contributed by atoms with Gasteiger partial charge in [-0.3, -0.25) is 9.98 Å². The molecule has 0 spiro atoms. The van der Waals surface area contributed by atoms with Gasteiger partial charge in [-0.15, -0.1) is 0 Å². The van der Waals surface area contributed by atoms with Crippen LogP contribution in [0.4, 0.5) is 0 Å². The zero-order chi connectivity index (χ0) is 32.9. The van der Waals surface area contributed by atoms with Gasteiger partial charge in [-0.1, -0.05) is 110 Å². The number of rotatable bonds is 15. The Kier molecular flexibility index (Phi) is 16.7. The Hall–Kier alpha value is -2.22. The lowest BCUT2D eigenvalue weighted by Crippen LogP contribution is -2.27. The van der Waals surface area contributed by atoms with Crippen molar-refractivity contribution in [3.63, 3.8) is 0 Å². The molecule has 1 aliphatic carbocycles. The lowest BCUT2D eigenvalue weighted by atomic mass is 9.77. The molecule has 0 fully saturated rings. The van der Waals surface area contributed by atoms with Crippen molar-refractivity contribution in [2.24, 2.45) is 21.3 Å². The molecule has 0 radical (unpaired) electrons. The molecule has 2 heteroatoms. The topological polar surface area (TPSA) is 24.7 Å². The SMILES string of the molecule is CCCCCCC(/C=C(\C)C1=C(C)C(C)=C(/C(C)=C/C(CCCCCC)=C(\C)C(C)(C)C)C(=N/C)/C1=N\C)=C(/C)C(C)C. The fraction of sp³-hybridized carbons (Fsp3) is 0.659. The van der Waals surface area contributed by atoms with Gasteiger partial charge in [-0.2, -0.15) is 0 Å². The Morgan fingerprint density at radius 2 is 1.05 bits per heavy atom. The van der Waals surface area contributed by atoms with Crippen molar-refractivity contribution < 1.29 is 0 Å². The molecule has 0 saturated heterocycles. The molecule has 1 rings (SSSR count). The molecule has 0 bridgehead atoms. The number of allylic oxidation sites excluding steroid dienone is 12. The zero-order valence-corrected chi connectivity index (χ0v) is 31.2. The molecule has 0 aromatic carbocycles. The molecule has 0 aromatic rings. The van der Waals surface area contributed by atoms with Gasteiger partial charge < -0.3 is 0 Å². The highest BCUT2D eigenvalue weighted by molar-refractivity contribution is 6.56. The van der Waals surface area contributed by atoms with E-state index in [-0.39, 0.29) is 5.41 Å². The number of unbranched alkanes of at least 4 members (excludes halogenated alkanes) is 6. The predicted molar refractivity (Wildman–Crippen MR) is 197 cm³/mol. The smallest absolute Gasteiger partial charge is 0.0906 e. The highest BCUT2D eigenvalue weighted by atomic mass is 14.8. The fourth-order valence-electron chi connectivity index (χ4n) is 6.12. The average Bonchev–Trinajstić information content (AvgIpc) is 2.95. The first-order valence-corrected chi connectivity index (χ1v) is 17.3. The van der Waals surface area contributed by atoms with Crippen LogP contribution >= 0.6 is 0 Å². The Morgan fingerprint density at radius 1 is 0.651 bits per heavy atom. The van der Waals surface area contributed by atoms with Gasteiger partial charge in [-0.05, 0) is 112 Å². The third-order valence-corrected chi connectivity index (χ3v) is 9.61. The van der Waals surface area contributed by atoms with Gasteiger partial charge >= 0.3 is 0 Å². The highest BCUT2D eigenvalue weighted by Crippen LogP contribution is 2.37. The van der Waals surface area contributed by atoms with E-state index in [0.717, 1.165) is 24.3 Å². The standard InChI is InChI=1S/C41H68N2/c1-16-18-20-22-24-35(31(7)28(3)4)26-29(5)37-32(8)33(9)38(40(43-15)39(37)42-14)30(6)27-36(25-23-21-19-17-2)34(10)41(11,12)13/h26-28H,16-25H2,1-15H3/b29-26+,30-27+,35-31+,36-34+,42-39-,43-40-. The summed E-state index contributed by atoms with van der Waals surface area (Å²) in [6.45, 7) is 30.0. The number of nitrogens with zero attached hydrogens (tertiary/aromatic N) is 2. The quantitative estimate of drug-likeness (QED) is 0.103. The first-order chi connectivity index (χ1) is 20.2. The molecular formula is C41H68N2. The van der Waals surface area contributed by atoms with E-state index in [1.54, 1.807) is 0 Å². The average molecular weight is 589 g/mol. The van der Waals surface area contributed by atoms with Crippen LogP contribution in [0.1, 0.15) is 154 Å². The molecule has 0 heterocycles. The maximum atomic E-state index is 4.92. The lowest BCUT2D eigenvalue weighted by Gasteiger charge is -2.28. The largest absolute Gasteiger partial charge is 0.286 e. The Labute approximate surface area is 268 Å². The van der Waals surface area contributed by atoms with E-state index in [4.69, 9.17) is 9.98 Å². The molecule has 0 atom stereocenters. The van der Waals surface area contributed by atoms with Crippen LogP contribution in [0.2, 0.25) is 0 Å². The van der Waals surface area contributed by atoms with Crippen LogP contribution in [-0.2, 0) is 0 Å². The molecule has 0 saturated carbocycles. The minimum Gasteiger partial charge on any atom is -0.286 e. The van der Waals surface area contributed by atoms with Gasteiger partial charge in [0, 0.05) is 25.2 Å². The van der Waals surface area contributed by atoms with Gasteiger partial charge in [0.25, 0.3) is 0 Å². The summed E-state index contributed by atoms with van der Waals surface area (Å²) in [6, 6.07) is 0. The van der Waals surface area contributed by atoms with Gasteiger partial charge in [0.15, 0.2) is 0 Å². The van der Waals surface area contributed by atoms with E-state index in [0.29, 0.717) is 5.92 Å². The van der Waals surface area contributed by atoms with E-state index < -0.39 is 0 Å². The third-order valence-electron chi connectivity index (χ3n) is 9.61. The molecule has 1 aliphatic rings. The molecule has 242 valence electrons. The summed E-state index contributed by atoms with van der Waals surface area (Å²) in [5.74, 6) is 0.542. The van der Waals surface area contributed by atoms with Crippen LogP contribution in [0.15, 0.2) is 77.9 Å². The van der Waals surface area contributed by atoms with E-state index in [1.807, 2.05) is 14.1 Å². The maximum absolute atomic E-state index is 4.92. The van der Waals surface area contributed by atoms with Crippen molar-refractivity contribution in [3.05, 3.63) is 67.9 Å². The van der Waals surface area contributed by atoms with Crippen LogP contribution in [-0.4, -0.2) is 25.5 Å². The first kappa shape index (κ1) is 38.8. The van der Waals surface area contributed by atoms with Crippen molar-refractivity contribution in [1.29, 1.82) is 0 Å². The van der Waals surface area contributed by atoms with Crippen LogP contribution in [0.25, 0.3) is 0 Å². The van der Waals surface area contributed by atoms with Gasteiger partial charge in [0.05, 0.1) is 11.4 Å².